The molecular weight excluding hydrogens is 160 g/mol. The van der Waals surface area contributed by atoms with Crippen LogP contribution in [-0.2, 0) is 4.79 Å². The third kappa shape index (κ3) is 4.25. The van der Waals surface area contributed by atoms with Crippen LogP contribution in [0.15, 0.2) is 11.6 Å². The second-order valence-electron chi connectivity index (χ2n) is 4.13. The van der Waals surface area contributed by atoms with Gasteiger partial charge in [0.15, 0.2) is 0 Å². The molecular formula is C12H20O. The van der Waals surface area contributed by atoms with Gasteiger partial charge in [-0.3, -0.25) is 0 Å². The lowest BCUT2D eigenvalue weighted by Gasteiger charge is -2.12. The molecule has 0 saturated heterocycles. The fourth-order valence-electron chi connectivity index (χ4n) is 1.91. The molecule has 1 nitrogen and oxygen atoms in total. The lowest BCUT2D eigenvalue weighted by Crippen LogP contribution is -1.99. The van der Waals surface area contributed by atoms with E-state index in [1.54, 1.807) is 0 Å². The van der Waals surface area contributed by atoms with Crippen LogP contribution in [0, 0.1) is 5.92 Å². The van der Waals surface area contributed by atoms with Crippen LogP contribution in [0.3, 0.4) is 0 Å². The Labute approximate surface area is 81.2 Å². The van der Waals surface area contributed by atoms with Gasteiger partial charge in [0, 0.05) is 5.92 Å². The predicted octanol–water partition coefficient (Wildman–Crippen LogP) is 3.49. The summed E-state index contributed by atoms with van der Waals surface area (Å²) in [4.78, 5) is 10.5. The minimum atomic E-state index is 0.214. The van der Waals surface area contributed by atoms with E-state index in [1.165, 1.54) is 44.1 Å². The number of hydrogen-bond donors (Lipinski definition) is 0. The molecule has 0 fully saturated rings. The Bertz CT molecular complexity index is 182. The van der Waals surface area contributed by atoms with Crippen LogP contribution in [0.1, 0.15) is 51.9 Å². The number of allylic oxidation sites excluding steroid dienone is 2. The standard InChI is InChI=1S/C12H20O/c1-11(10-13)9-12-7-5-3-2-4-6-8-12/h7,10-11H,2-6,8-9H2,1H3. The highest BCUT2D eigenvalue weighted by molar-refractivity contribution is 5.53. The summed E-state index contributed by atoms with van der Waals surface area (Å²) >= 11 is 0. The molecule has 0 aromatic carbocycles. The summed E-state index contributed by atoms with van der Waals surface area (Å²) in [6, 6.07) is 0. The van der Waals surface area contributed by atoms with E-state index in [4.69, 9.17) is 0 Å². The first-order chi connectivity index (χ1) is 6.33. The SMILES string of the molecule is CC(C=O)CC1=CCCCCCC1. The summed E-state index contributed by atoms with van der Waals surface area (Å²) in [5.41, 5.74) is 1.51. The van der Waals surface area contributed by atoms with Gasteiger partial charge in [-0.15, -0.1) is 0 Å². The van der Waals surface area contributed by atoms with E-state index < -0.39 is 0 Å². The summed E-state index contributed by atoms with van der Waals surface area (Å²) in [7, 11) is 0. The van der Waals surface area contributed by atoms with Gasteiger partial charge < -0.3 is 4.79 Å². The molecule has 1 atom stereocenters. The minimum Gasteiger partial charge on any atom is -0.303 e. The second-order valence-corrected chi connectivity index (χ2v) is 4.13. The largest absolute Gasteiger partial charge is 0.303 e. The van der Waals surface area contributed by atoms with Gasteiger partial charge in [-0.25, -0.2) is 0 Å². The summed E-state index contributed by atoms with van der Waals surface area (Å²) in [6.07, 6.45) is 12.3. The lowest BCUT2D eigenvalue weighted by atomic mass is 9.94. The smallest absolute Gasteiger partial charge is 0.123 e. The van der Waals surface area contributed by atoms with Crippen molar-refractivity contribution in [3.63, 3.8) is 0 Å². The second kappa shape index (κ2) is 5.95. The fourth-order valence-corrected chi connectivity index (χ4v) is 1.91. The van der Waals surface area contributed by atoms with E-state index in [-0.39, 0.29) is 5.92 Å². The number of rotatable bonds is 3. The maximum atomic E-state index is 10.5. The molecule has 0 N–H and O–H groups in total. The first kappa shape index (κ1) is 10.5. The van der Waals surface area contributed by atoms with E-state index in [9.17, 15) is 4.79 Å². The van der Waals surface area contributed by atoms with Gasteiger partial charge >= 0.3 is 0 Å². The molecule has 0 aromatic rings. The summed E-state index contributed by atoms with van der Waals surface area (Å²) in [6.45, 7) is 2.01. The topological polar surface area (TPSA) is 17.1 Å². The van der Waals surface area contributed by atoms with Crippen LogP contribution in [0.25, 0.3) is 0 Å². The molecule has 0 spiro atoms. The van der Waals surface area contributed by atoms with Crippen LogP contribution in [0.5, 0.6) is 0 Å². The fraction of sp³-hybridized carbons (Fsp3) is 0.750. The van der Waals surface area contributed by atoms with E-state index >= 15 is 0 Å². The molecule has 0 aromatic heterocycles. The van der Waals surface area contributed by atoms with Crippen molar-refractivity contribution in [3.8, 4) is 0 Å². The molecule has 1 aliphatic rings. The van der Waals surface area contributed by atoms with Crippen LogP contribution in [0.4, 0.5) is 0 Å². The van der Waals surface area contributed by atoms with Gasteiger partial charge in [0.05, 0.1) is 0 Å². The average molecular weight is 180 g/mol. The molecule has 74 valence electrons. The highest BCUT2D eigenvalue weighted by atomic mass is 16.1. The van der Waals surface area contributed by atoms with Crippen molar-refractivity contribution in [1.82, 2.24) is 0 Å². The van der Waals surface area contributed by atoms with E-state index in [0.29, 0.717) is 0 Å². The van der Waals surface area contributed by atoms with Crippen molar-refractivity contribution in [2.45, 2.75) is 51.9 Å². The summed E-state index contributed by atoms with van der Waals surface area (Å²) in [5, 5.41) is 0. The Morgan fingerprint density at radius 2 is 2.15 bits per heavy atom. The molecule has 0 radical (unpaired) electrons. The molecule has 0 saturated carbocycles. The van der Waals surface area contributed by atoms with Crippen LogP contribution >= 0.6 is 0 Å². The predicted molar refractivity (Wildman–Crippen MR) is 55.6 cm³/mol. The van der Waals surface area contributed by atoms with Crippen LogP contribution in [0.2, 0.25) is 0 Å². The van der Waals surface area contributed by atoms with Gasteiger partial charge in [-0.2, -0.15) is 0 Å². The molecule has 1 aliphatic carbocycles. The van der Waals surface area contributed by atoms with E-state index in [2.05, 4.69) is 6.08 Å². The molecule has 13 heavy (non-hydrogen) atoms. The Hall–Kier alpha value is -0.590. The number of carbonyl (C=O) groups is 1. The van der Waals surface area contributed by atoms with Crippen molar-refractivity contribution in [1.29, 1.82) is 0 Å². The molecule has 0 aliphatic heterocycles. The first-order valence-electron chi connectivity index (χ1n) is 5.46. The van der Waals surface area contributed by atoms with Gasteiger partial charge in [0.2, 0.25) is 0 Å². The zero-order valence-corrected chi connectivity index (χ0v) is 8.59. The van der Waals surface area contributed by atoms with Crippen molar-refractivity contribution in [2.75, 3.05) is 0 Å². The van der Waals surface area contributed by atoms with Crippen molar-refractivity contribution >= 4 is 6.29 Å². The van der Waals surface area contributed by atoms with Gasteiger partial charge in [-0.1, -0.05) is 31.4 Å². The Morgan fingerprint density at radius 1 is 1.38 bits per heavy atom. The summed E-state index contributed by atoms with van der Waals surface area (Å²) in [5.74, 6) is 0.214. The lowest BCUT2D eigenvalue weighted by molar-refractivity contribution is -0.110. The molecule has 0 amide bonds. The quantitative estimate of drug-likeness (QED) is 0.480. The zero-order valence-electron chi connectivity index (χ0n) is 8.59. The third-order valence-electron chi connectivity index (χ3n) is 2.70. The van der Waals surface area contributed by atoms with E-state index in [0.717, 1.165) is 12.7 Å². The zero-order chi connectivity index (χ0) is 9.52. The summed E-state index contributed by atoms with van der Waals surface area (Å²) < 4.78 is 0. The minimum absolute atomic E-state index is 0.214. The molecule has 1 unspecified atom stereocenters. The maximum absolute atomic E-state index is 10.5. The van der Waals surface area contributed by atoms with Crippen molar-refractivity contribution in [3.05, 3.63) is 11.6 Å². The van der Waals surface area contributed by atoms with Gasteiger partial charge in [0.1, 0.15) is 6.29 Å². The number of carbonyl (C=O) groups excluding carboxylic acids is 1. The van der Waals surface area contributed by atoms with Crippen LogP contribution in [-0.4, -0.2) is 6.29 Å². The van der Waals surface area contributed by atoms with Crippen molar-refractivity contribution < 1.29 is 4.79 Å². The Kier molecular flexibility index (Phi) is 4.81. The first-order valence-corrected chi connectivity index (χ1v) is 5.46. The molecule has 1 rings (SSSR count). The normalized spacial score (nSPS) is 21.2. The molecule has 1 heteroatoms. The maximum Gasteiger partial charge on any atom is 0.123 e. The Morgan fingerprint density at radius 3 is 2.92 bits per heavy atom. The number of aldehydes is 1. The molecule has 0 bridgehead atoms. The molecule has 0 heterocycles. The highest BCUT2D eigenvalue weighted by Crippen LogP contribution is 2.21. The van der Waals surface area contributed by atoms with E-state index in [1.807, 2.05) is 6.92 Å². The monoisotopic (exact) mass is 180 g/mol. The van der Waals surface area contributed by atoms with Gasteiger partial charge in [0.25, 0.3) is 0 Å². The average Bonchev–Trinajstić information content (AvgIpc) is 2.09. The van der Waals surface area contributed by atoms with Crippen LogP contribution < -0.4 is 0 Å². The Balaban J connectivity index is 2.40. The van der Waals surface area contributed by atoms with Gasteiger partial charge in [-0.05, 0) is 32.1 Å². The van der Waals surface area contributed by atoms with Crippen molar-refractivity contribution in [2.24, 2.45) is 5.92 Å². The highest BCUT2D eigenvalue weighted by Gasteiger charge is 2.06. The number of hydrogen-bond acceptors (Lipinski definition) is 1. The third-order valence-corrected chi connectivity index (χ3v) is 2.70.